The van der Waals surface area contributed by atoms with Gasteiger partial charge in [0.25, 0.3) is 0 Å². The number of benzene rings is 9. The summed E-state index contributed by atoms with van der Waals surface area (Å²) >= 11 is 0. The van der Waals surface area contributed by atoms with Gasteiger partial charge in [0.2, 0.25) is 0 Å². The van der Waals surface area contributed by atoms with Crippen LogP contribution < -0.4 is 4.90 Å². The third-order valence-electron chi connectivity index (χ3n) is 10.2. The number of furan rings is 1. The standard InChI is InChI=1S/C50H33NO/c1-3-14-34(15-4-1)36-26-29-37(30-27-36)41-20-11-12-23-46(41)51(40-18-5-2-6-19-40)47-24-13-25-48-49(47)45-33-44(42-21-9-10-22-43(42)50(45)52-48)39-31-28-35-16-7-8-17-38(35)32-39/h1-33H. The average molecular weight is 664 g/mol. The SMILES string of the molecule is c1ccc(-c2ccc(-c3ccccc3N(c3ccccc3)c3cccc4oc5c6ccccc6c(-c6ccc7ccccc7c6)cc5c34)cc2)cc1. The first-order chi connectivity index (χ1) is 25.8. The fraction of sp³-hybridized carbons (Fsp3) is 0. The molecule has 0 aliphatic carbocycles. The zero-order valence-corrected chi connectivity index (χ0v) is 28.4. The van der Waals surface area contributed by atoms with Crippen LogP contribution in [0.1, 0.15) is 0 Å². The van der Waals surface area contributed by atoms with Gasteiger partial charge in [-0.25, -0.2) is 0 Å². The van der Waals surface area contributed by atoms with Gasteiger partial charge in [0, 0.05) is 22.0 Å². The molecule has 52 heavy (non-hydrogen) atoms. The number of rotatable bonds is 6. The largest absolute Gasteiger partial charge is 0.455 e. The average Bonchev–Trinajstić information content (AvgIpc) is 3.61. The Bertz CT molecular complexity index is 2890. The molecule has 1 heterocycles. The number of fused-ring (bicyclic) bond motifs is 6. The Balaban J connectivity index is 1.21. The lowest BCUT2D eigenvalue weighted by Crippen LogP contribution is -2.11. The Morgan fingerprint density at radius 3 is 1.79 bits per heavy atom. The van der Waals surface area contributed by atoms with Crippen molar-refractivity contribution in [2.45, 2.75) is 0 Å². The molecule has 0 fully saturated rings. The summed E-state index contributed by atoms with van der Waals surface area (Å²) in [5, 5.41) is 6.93. The minimum Gasteiger partial charge on any atom is -0.455 e. The summed E-state index contributed by atoms with van der Waals surface area (Å²) in [6.07, 6.45) is 0. The van der Waals surface area contributed by atoms with Crippen LogP contribution in [0, 0.1) is 0 Å². The second-order valence-corrected chi connectivity index (χ2v) is 13.3. The molecule has 10 rings (SSSR count). The van der Waals surface area contributed by atoms with Crippen LogP contribution in [-0.2, 0) is 0 Å². The monoisotopic (exact) mass is 663 g/mol. The van der Waals surface area contributed by atoms with E-state index in [2.05, 4.69) is 205 Å². The second kappa shape index (κ2) is 12.5. The molecule has 2 heteroatoms. The highest BCUT2D eigenvalue weighted by atomic mass is 16.3. The van der Waals surface area contributed by atoms with Crippen LogP contribution >= 0.6 is 0 Å². The summed E-state index contributed by atoms with van der Waals surface area (Å²) in [5.41, 5.74) is 12.1. The van der Waals surface area contributed by atoms with Crippen molar-refractivity contribution in [3.05, 3.63) is 200 Å². The summed E-state index contributed by atoms with van der Waals surface area (Å²) in [6.45, 7) is 0. The van der Waals surface area contributed by atoms with E-state index >= 15 is 0 Å². The minimum absolute atomic E-state index is 0.860. The van der Waals surface area contributed by atoms with Gasteiger partial charge in [-0.2, -0.15) is 0 Å². The van der Waals surface area contributed by atoms with Gasteiger partial charge in [0.05, 0.1) is 16.8 Å². The van der Waals surface area contributed by atoms with E-state index in [1.165, 1.54) is 38.4 Å². The van der Waals surface area contributed by atoms with Gasteiger partial charge in [0.1, 0.15) is 11.2 Å². The van der Waals surface area contributed by atoms with E-state index in [1.807, 2.05) is 0 Å². The molecule has 0 aliphatic rings. The Morgan fingerprint density at radius 1 is 0.346 bits per heavy atom. The molecule has 0 amide bonds. The van der Waals surface area contributed by atoms with Crippen LogP contribution in [0.4, 0.5) is 17.1 Å². The van der Waals surface area contributed by atoms with Crippen molar-refractivity contribution in [1.82, 2.24) is 0 Å². The molecule has 0 saturated carbocycles. The lowest BCUT2D eigenvalue weighted by molar-refractivity contribution is 0.672. The third-order valence-corrected chi connectivity index (χ3v) is 10.2. The highest BCUT2D eigenvalue weighted by molar-refractivity contribution is 6.23. The third kappa shape index (κ3) is 5.04. The van der Waals surface area contributed by atoms with E-state index in [0.29, 0.717) is 0 Å². The molecule has 2 nitrogen and oxygen atoms in total. The van der Waals surface area contributed by atoms with Crippen molar-refractivity contribution in [1.29, 1.82) is 0 Å². The fourth-order valence-corrected chi connectivity index (χ4v) is 7.78. The van der Waals surface area contributed by atoms with Crippen LogP contribution in [0.15, 0.2) is 205 Å². The molecule has 0 spiro atoms. The molecule has 10 aromatic rings. The highest BCUT2D eigenvalue weighted by Crippen LogP contribution is 2.48. The van der Waals surface area contributed by atoms with Crippen LogP contribution in [0.5, 0.6) is 0 Å². The predicted molar refractivity (Wildman–Crippen MR) is 220 cm³/mol. The van der Waals surface area contributed by atoms with Gasteiger partial charge >= 0.3 is 0 Å². The zero-order chi connectivity index (χ0) is 34.4. The zero-order valence-electron chi connectivity index (χ0n) is 28.4. The van der Waals surface area contributed by atoms with Gasteiger partial charge in [0.15, 0.2) is 0 Å². The van der Waals surface area contributed by atoms with Crippen LogP contribution in [-0.4, -0.2) is 0 Å². The van der Waals surface area contributed by atoms with Crippen molar-refractivity contribution in [2.75, 3.05) is 4.90 Å². The maximum Gasteiger partial charge on any atom is 0.143 e. The van der Waals surface area contributed by atoms with Gasteiger partial charge < -0.3 is 9.32 Å². The van der Waals surface area contributed by atoms with Crippen molar-refractivity contribution in [3.63, 3.8) is 0 Å². The van der Waals surface area contributed by atoms with E-state index < -0.39 is 0 Å². The predicted octanol–water partition coefficient (Wildman–Crippen LogP) is 14.4. The van der Waals surface area contributed by atoms with Gasteiger partial charge in [-0.3, -0.25) is 0 Å². The highest BCUT2D eigenvalue weighted by Gasteiger charge is 2.23. The lowest BCUT2D eigenvalue weighted by atomic mass is 9.93. The molecule has 0 N–H and O–H groups in total. The number of para-hydroxylation sites is 2. The van der Waals surface area contributed by atoms with E-state index in [0.717, 1.165) is 55.5 Å². The van der Waals surface area contributed by atoms with Crippen LogP contribution in [0.2, 0.25) is 0 Å². The van der Waals surface area contributed by atoms with E-state index in [-0.39, 0.29) is 0 Å². The Hall–Kier alpha value is -6.90. The Morgan fingerprint density at radius 2 is 0.962 bits per heavy atom. The maximum absolute atomic E-state index is 6.83. The first-order valence-corrected chi connectivity index (χ1v) is 17.8. The lowest BCUT2D eigenvalue weighted by Gasteiger charge is -2.28. The number of hydrogen-bond acceptors (Lipinski definition) is 2. The Labute approximate surface area is 302 Å². The van der Waals surface area contributed by atoms with Gasteiger partial charge in [-0.15, -0.1) is 0 Å². The summed E-state index contributed by atoms with van der Waals surface area (Å²) in [6, 6.07) is 71.6. The summed E-state index contributed by atoms with van der Waals surface area (Å²) in [4.78, 5) is 2.39. The van der Waals surface area contributed by atoms with E-state index in [4.69, 9.17) is 4.42 Å². The molecule has 0 radical (unpaired) electrons. The topological polar surface area (TPSA) is 16.4 Å². The Kier molecular flexibility index (Phi) is 7.18. The first kappa shape index (κ1) is 30.0. The molecular weight excluding hydrogens is 631 g/mol. The summed E-state index contributed by atoms with van der Waals surface area (Å²) in [5.74, 6) is 0. The first-order valence-electron chi connectivity index (χ1n) is 17.8. The van der Waals surface area contributed by atoms with Crippen molar-refractivity contribution in [2.24, 2.45) is 0 Å². The van der Waals surface area contributed by atoms with Crippen LogP contribution in [0.25, 0.3) is 76.9 Å². The van der Waals surface area contributed by atoms with Crippen molar-refractivity contribution < 1.29 is 4.42 Å². The summed E-state index contributed by atoms with van der Waals surface area (Å²) < 4.78 is 6.83. The number of hydrogen-bond donors (Lipinski definition) is 0. The molecule has 0 bridgehead atoms. The molecule has 1 aromatic heterocycles. The van der Waals surface area contributed by atoms with E-state index in [1.54, 1.807) is 0 Å². The van der Waals surface area contributed by atoms with Crippen molar-refractivity contribution >= 4 is 60.5 Å². The smallest absolute Gasteiger partial charge is 0.143 e. The number of nitrogens with zero attached hydrogens (tertiary/aromatic N) is 1. The van der Waals surface area contributed by atoms with Gasteiger partial charge in [-0.05, 0) is 86.4 Å². The number of anilines is 3. The second-order valence-electron chi connectivity index (χ2n) is 13.3. The van der Waals surface area contributed by atoms with Crippen molar-refractivity contribution in [3.8, 4) is 33.4 Å². The molecule has 0 atom stereocenters. The van der Waals surface area contributed by atoms with Crippen LogP contribution in [0.3, 0.4) is 0 Å². The molecule has 0 saturated heterocycles. The van der Waals surface area contributed by atoms with Gasteiger partial charge in [-0.1, -0.05) is 158 Å². The quantitative estimate of drug-likeness (QED) is 0.176. The van der Waals surface area contributed by atoms with E-state index in [9.17, 15) is 0 Å². The molecule has 0 aliphatic heterocycles. The summed E-state index contributed by atoms with van der Waals surface area (Å²) in [7, 11) is 0. The normalized spacial score (nSPS) is 11.5. The molecular formula is C50H33NO. The maximum atomic E-state index is 6.83. The molecule has 244 valence electrons. The molecule has 0 unspecified atom stereocenters. The molecule has 9 aromatic carbocycles. The fourth-order valence-electron chi connectivity index (χ4n) is 7.78. The minimum atomic E-state index is 0.860.